The summed E-state index contributed by atoms with van der Waals surface area (Å²) >= 11 is 6.92. The van der Waals surface area contributed by atoms with Crippen molar-refractivity contribution in [1.29, 1.82) is 5.26 Å². The van der Waals surface area contributed by atoms with Gasteiger partial charge < -0.3 is 15.2 Å². The highest BCUT2D eigenvalue weighted by Gasteiger charge is 2.16. The molecule has 3 rings (SSSR count). The molecule has 0 spiro atoms. The molecule has 0 aliphatic carbocycles. The first-order chi connectivity index (χ1) is 16.2. The van der Waals surface area contributed by atoms with Gasteiger partial charge in [0.05, 0.1) is 25.6 Å². The molecule has 8 nitrogen and oxygen atoms in total. The number of nitriles is 1. The lowest BCUT2D eigenvalue weighted by Crippen LogP contribution is -2.13. The van der Waals surface area contributed by atoms with Crippen molar-refractivity contribution in [2.24, 2.45) is 0 Å². The van der Waals surface area contributed by atoms with Crippen molar-refractivity contribution in [1.82, 2.24) is 0 Å². The minimum Gasteiger partial charge on any atom is -0.506 e. The number of aryl methyl sites for hydroxylation is 1. The summed E-state index contributed by atoms with van der Waals surface area (Å²) in [6.07, 6.45) is 1.37. The SMILES string of the molecule is Cc1cccc(COc2c(Br)cc(/C=C(\C#N)C(=O)Nc3ccc([N+](=O)[O-])cc3O)cc2Br)c1. The van der Waals surface area contributed by atoms with Crippen molar-refractivity contribution in [2.45, 2.75) is 13.5 Å². The van der Waals surface area contributed by atoms with Crippen LogP contribution in [0.5, 0.6) is 11.5 Å². The Morgan fingerprint density at radius 3 is 2.50 bits per heavy atom. The molecule has 0 radical (unpaired) electrons. The monoisotopic (exact) mass is 585 g/mol. The van der Waals surface area contributed by atoms with Gasteiger partial charge in [0.2, 0.25) is 0 Å². The van der Waals surface area contributed by atoms with E-state index in [0.717, 1.165) is 23.3 Å². The molecule has 0 heterocycles. The van der Waals surface area contributed by atoms with Crippen LogP contribution in [-0.2, 0) is 11.4 Å². The fourth-order valence-corrected chi connectivity index (χ4v) is 4.45. The number of halogens is 2. The van der Waals surface area contributed by atoms with Crippen LogP contribution in [0.25, 0.3) is 6.08 Å². The van der Waals surface area contributed by atoms with Crippen LogP contribution < -0.4 is 10.1 Å². The molecule has 0 aliphatic rings. The van der Waals surface area contributed by atoms with Gasteiger partial charge in [0.15, 0.2) is 0 Å². The first-order valence-corrected chi connectivity index (χ1v) is 11.3. The van der Waals surface area contributed by atoms with E-state index in [0.29, 0.717) is 26.9 Å². The summed E-state index contributed by atoms with van der Waals surface area (Å²) in [6.45, 7) is 2.36. The van der Waals surface area contributed by atoms with E-state index in [4.69, 9.17) is 4.74 Å². The Hall–Kier alpha value is -3.68. The maximum absolute atomic E-state index is 12.5. The minimum absolute atomic E-state index is 0.0565. The van der Waals surface area contributed by atoms with E-state index >= 15 is 0 Å². The second kappa shape index (κ2) is 11.0. The topological polar surface area (TPSA) is 125 Å². The Labute approximate surface area is 211 Å². The second-order valence-corrected chi connectivity index (χ2v) is 8.88. The molecule has 0 atom stereocenters. The maximum atomic E-state index is 12.5. The number of ether oxygens (including phenoxy) is 1. The number of non-ortho nitro benzene ring substituents is 1. The van der Waals surface area contributed by atoms with Crippen LogP contribution in [0.15, 0.2) is 69.1 Å². The predicted octanol–water partition coefficient (Wildman–Crippen LogP) is 6.26. The minimum atomic E-state index is -0.779. The van der Waals surface area contributed by atoms with Gasteiger partial charge in [-0.15, -0.1) is 0 Å². The number of carbonyl (C=O) groups is 1. The number of rotatable bonds is 7. The van der Waals surface area contributed by atoms with Crippen molar-refractivity contribution in [3.8, 4) is 17.6 Å². The third kappa shape index (κ3) is 6.21. The van der Waals surface area contributed by atoms with Crippen molar-refractivity contribution >= 4 is 55.2 Å². The maximum Gasteiger partial charge on any atom is 0.273 e. The lowest BCUT2D eigenvalue weighted by atomic mass is 10.1. The average molecular weight is 587 g/mol. The van der Waals surface area contributed by atoms with Crippen LogP contribution in [0.4, 0.5) is 11.4 Å². The Morgan fingerprint density at radius 2 is 1.91 bits per heavy atom. The third-order valence-electron chi connectivity index (χ3n) is 4.60. The van der Waals surface area contributed by atoms with Gasteiger partial charge in [-0.05, 0) is 74.2 Å². The molecule has 0 saturated heterocycles. The standard InChI is InChI=1S/C24H17Br2N3O5/c1-14-3-2-4-15(7-14)13-34-23-19(25)9-16(10-20(23)26)8-17(12-27)24(31)28-21-6-5-18(29(32)33)11-22(21)30/h2-11,30H,13H2,1H3,(H,28,31)/b17-8+. The summed E-state index contributed by atoms with van der Waals surface area (Å²) in [4.78, 5) is 22.7. The largest absolute Gasteiger partial charge is 0.506 e. The zero-order valence-corrected chi connectivity index (χ0v) is 20.9. The zero-order valence-electron chi connectivity index (χ0n) is 17.7. The van der Waals surface area contributed by atoms with Gasteiger partial charge in [-0.3, -0.25) is 14.9 Å². The van der Waals surface area contributed by atoms with Gasteiger partial charge in [0, 0.05) is 6.07 Å². The molecule has 34 heavy (non-hydrogen) atoms. The molecule has 3 aromatic rings. The smallest absolute Gasteiger partial charge is 0.273 e. The lowest BCUT2D eigenvalue weighted by Gasteiger charge is -2.12. The van der Waals surface area contributed by atoms with Crippen LogP contribution in [0.3, 0.4) is 0 Å². The Morgan fingerprint density at radius 1 is 1.21 bits per heavy atom. The Kier molecular flexibility index (Phi) is 8.04. The number of nitrogens with zero attached hydrogens (tertiary/aromatic N) is 2. The number of benzene rings is 3. The molecule has 0 bridgehead atoms. The highest BCUT2D eigenvalue weighted by molar-refractivity contribution is 9.11. The number of amides is 1. The Balaban J connectivity index is 1.78. The molecular weight excluding hydrogens is 570 g/mol. The Bertz CT molecular complexity index is 1330. The molecule has 172 valence electrons. The van der Waals surface area contributed by atoms with Gasteiger partial charge in [0.1, 0.15) is 29.7 Å². The van der Waals surface area contributed by atoms with E-state index < -0.39 is 16.6 Å². The number of nitro benzene ring substituents is 1. The number of hydrogen-bond donors (Lipinski definition) is 2. The van der Waals surface area contributed by atoms with E-state index in [2.05, 4.69) is 37.2 Å². The zero-order chi connectivity index (χ0) is 24.8. The van der Waals surface area contributed by atoms with Gasteiger partial charge in [-0.25, -0.2) is 0 Å². The van der Waals surface area contributed by atoms with Crippen molar-refractivity contribution in [3.05, 3.63) is 95.9 Å². The second-order valence-electron chi connectivity index (χ2n) is 7.17. The molecule has 0 unspecified atom stereocenters. The van der Waals surface area contributed by atoms with Gasteiger partial charge in [-0.2, -0.15) is 5.26 Å². The third-order valence-corrected chi connectivity index (χ3v) is 5.78. The summed E-state index contributed by atoms with van der Waals surface area (Å²) in [5.74, 6) is -0.698. The van der Waals surface area contributed by atoms with Gasteiger partial charge in [0.25, 0.3) is 11.6 Å². The quantitative estimate of drug-likeness (QED) is 0.111. The van der Waals surface area contributed by atoms with E-state index in [9.17, 15) is 25.3 Å². The van der Waals surface area contributed by atoms with E-state index in [-0.39, 0.29) is 16.9 Å². The number of aromatic hydroxyl groups is 1. The summed E-state index contributed by atoms with van der Waals surface area (Å²) in [6, 6.07) is 16.4. The predicted molar refractivity (Wildman–Crippen MR) is 134 cm³/mol. The number of phenolic OH excluding ortho intramolecular Hbond substituents is 1. The van der Waals surface area contributed by atoms with Crippen LogP contribution in [0.2, 0.25) is 0 Å². The van der Waals surface area contributed by atoms with Crippen LogP contribution >= 0.6 is 31.9 Å². The van der Waals surface area contributed by atoms with Crippen molar-refractivity contribution in [3.63, 3.8) is 0 Å². The fraction of sp³-hybridized carbons (Fsp3) is 0.0833. The highest BCUT2D eigenvalue weighted by atomic mass is 79.9. The summed E-state index contributed by atoms with van der Waals surface area (Å²) < 4.78 is 7.16. The molecule has 0 saturated carbocycles. The number of anilines is 1. The van der Waals surface area contributed by atoms with Crippen LogP contribution in [0.1, 0.15) is 16.7 Å². The molecule has 0 aliphatic heterocycles. The van der Waals surface area contributed by atoms with Gasteiger partial charge >= 0.3 is 0 Å². The lowest BCUT2D eigenvalue weighted by molar-refractivity contribution is -0.384. The summed E-state index contributed by atoms with van der Waals surface area (Å²) in [5.41, 5.74) is 2.07. The molecule has 0 fully saturated rings. The highest BCUT2D eigenvalue weighted by Crippen LogP contribution is 2.36. The molecule has 2 N–H and O–H groups in total. The molecule has 10 heteroatoms. The number of hydrogen-bond acceptors (Lipinski definition) is 6. The van der Waals surface area contributed by atoms with E-state index in [1.807, 2.05) is 37.3 Å². The van der Waals surface area contributed by atoms with Gasteiger partial charge in [-0.1, -0.05) is 29.8 Å². The molecule has 3 aromatic carbocycles. The van der Waals surface area contributed by atoms with Crippen molar-refractivity contribution in [2.75, 3.05) is 5.32 Å². The summed E-state index contributed by atoms with van der Waals surface area (Å²) in [5, 5.41) is 32.6. The normalized spacial score (nSPS) is 10.9. The molecule has 1 amide bonds. The molecular formula is C24H17Br2N3O5. The van der Waals surface area contributed by atoms with E-state index in [1.165, 1.54) is 12.1 Å². The number of carbonyl (C=O) groups excluding carboxylic acids is 1. The first kappa shape index (κ1) is 25.0. The van der Waals surface area contributed by atoms with Crippen LogP contribution in [-0.4, -0.2) is 15.9 Å². The first-order valence-electron chi connectivity index (χ1n) is 9.76. The number of phenols is 1. The van der Waals surface area contributed by atoms with Crippen molar-refractivity contribution < 1.29 is 19.6 Å². The number of nitrogens with one attached hydrogen (secondary N) is 1. The summed E-state index contributed by atoms with van der Waals surface area (Å²) in [7, 11) is 0. The molecule has 0 aromatic heterocycles. The fourth-order valence-electron chi connectivity index (χ4n) is 3.00. The average Bonchev–Trinajstić information content (AvgIpc) is 2.78. The number of nitro groups is 1. The van der Waals surface area contributed by atoms with Crippen LogP contribution in [0, 0.1) is 28.4 Å². The van der Waals surface area contributed by atoms with E-state index in [1.54, 1.807) is 12.1 Å².